The largest absolute Gasteiger partial charge is 0.468 e. The van der Waals surface area contributed by atoms with Crippen LogP contribution in [0.25, 0.3) is 0 Å². The van der Waals surface area contributed by atoms with Gasteiger partial charge in [0.15, 0.2) is 6.79 Å². The van der Waals surface area contributed by atoms with Gasteiger partial charge in [0.2, 0.25) is 0 Å². The number of rotatable bonds is 4. The fraction of sp³-hybridized carbons (Fsp3) is 0.571. The van der Waals surface area contributed by atoms with Gasteiger partial charge in [-0.25, -0.2) is 4.39 Å². The number of benzene rings is 1. The molecular weight excluding hydrogens is 293 g/mol. The number of hydrogen-bond acceptors (Lipinski definition) is 4. The molecule has 7 heteroatoms. The second-order valence-electron chi connectivity index (χ2n) is 6.33. The van der Waals surface area contributed by atoms with E-state index in [2.05, 4.69) is 38.2 Å². The number of halogens is 2. The lowest BCUT2D eigenvalue weighted by atomic mass is 9.68. The van der Waals surface area contributed by atoms with Crippen LogP contribution in [0.4, 0.5) is 4.39 Å². The van der Waals surface area contributed by atoms with Gasteiger partial charge in [0, 0.05) is 29.7 Å². The summed E-state index contributed by atoms with van der Waals surface area (Å²) in [7, 11) is 1.53. The monoisotopic (exact) mass is 314 g/mol. The minimum atomic E-state index is -0.470. The first-order chi connectivity index (χ1) is 9.68. The van der Waals surface area contributed by atoms with E-state index < -0.39 is 5.82 Å². The summed E-state index contributed by atoms with van der Waals surface area (Å²) >= 11 is 5.85. The topological polar surface area (TPSA) is 42.5 Å². The molecule has 0 unspecified atom stereocenters. The van der Waals surface area contributed by atoms with Crippen LogP contribution in [0, 0.1) is 5.82 Å². The van der Waals surface area contributed by atoms with Gasteiger partial charge in [-0.3, -0.25) is 0 Å². The summed E-state index contributed by atoms with van der Waals surface area (Å²) in [4.78, 5) is 0. The van der Waals surface area contributed by atoms with Gasteiger partial charge in [-0.05, 0) is 33.8 Å². The van der Waals surface area contributed by atoms with Gasteiger partial charge in [-0.2, -0.15) is 0 Å². The molecule has 1 aliphatic heterocycles. The Bertz CT molecular complexity index is 524. The molecule has 1 aromatic carbocycles. The van der Waals surface area contributed by atoms with Crippen LogP contribution in [0.3, 0.4) is 0 Å². The van der Waals surface area contributed by atoms with E-state index in [9.17, 15) is 4.39 Å². The van der Waals surface area contributed by atoms with Gasteiger partial charge < -0.3 is 19.9 Å². The van der Waals surface area contributed by atoms with E-state index in [1.54, 1.807) is 0 Å². The maximum Gasteiger partial charge on any atom is 0.345 e. The summed E-state index contributed by atoms with van der Waals surface area (Å²) in [6, 6.07) is 2.88. The average Bonchev–Trinajstić information content (AvgIpc) is 2.59. The van der Waals surface area contributed by atoms with E-state index >= 15 is 0 Å². The van der Waals surface area contributed by atoms with Crippen LogP contribution in [0.1, 0.15) is 27.7 Å². The van der Waals surface area contributed by atoms with Gasteiger partial charge in [0.25, 0.3) is 0 Å². The van der Waals surface area contributed by atoms with Crippen molar-refractivity contribution in [2.45, 2.75) is 38.8 Å². The first-order valence-corrected chi connectivity index (χ1v) is 7.22. The van der Waals surface area contributed by atoms with Gasteiger partial charge in [0.1, 0.15) is 11.6 Å². The molecule has 2 rings (SSSR count). The highest BCUT2D eigenvalue weighted by Crippen LogP contribution is 2.28. The quantitative estimate of drug-likeness (QED) is 0.658. The Morgan fingerprint density at radius 2 is 1.76 bits per heavy atom. The first-order valence-electron chi connectivity index (χ1n) is 6.84. The Morgan fingerprint density at radius 3 is 2.29 bits per heavy atom. The van der Waals surface area contributed by atoms with Crippen molar-refractivity contribution in [1.82, 2.24) is 10.5 Å². The Morgan fingerprint density at radius 1 is 1.19 bits per heavy atom. The van der Waals surface area contributed by atoms with Crippen molar-refractivity contribution < 1.29 is 13.9 Å². The van der Waals surface area contributed by atoms with Crippen molar-refractivity contribution in [3.05, 3.63) is 23.0 Å². The van der Waals surface area contributed by atoms with Crippen LogP contribution in [0.5, 0.6) is 5.75 Å². The number of ether oxygens (including phenoxy) is 2. The first kappa shape index (κ1) is 16.6. The van der Waals surface area contributed by atoms with Crippen molar-refractivity contribution >= 4 is 24.0 Å². The molecule has 1 fully saturated rings. The van der Waals surface area contributed by atoms with E-state index in [4.69, 9.17) is 21.1 Å². The fourth-order valence-electron chi connectivity index (χ4n) is 2.29. The Kier molecular flexibility index (Phi) is 4.54. The average molecular weight is 315 g/mol. The molecule has 0 spiro atoms. The summed E-state index contributed by atoms with van der Waals surface area (Å²) in [5, 5.41) is 6.95. The minimum absolute atomic E-state index is 0.0290. The molecule has 1 aliphatic rings. The van der Waals surface area contributed by atoms with Gasteiger partial charge in [-0.1, -0.05) is 11.6 Å². The number of nitrogens with one attached hydrogen (secondary N) is 2. The van der Waals surface area contributed by atoms with Crippen molar-refractivity contribution in [2.75, 3.05) is 13.9 Å². The Hall–Kier alpha value is -0.815. The maximum absolute atomic E-state index is 13.8. The molecule has 1 saturated heterocycles. The predicted octanol–water partition coefficient (Wildman–Crippen LogP) is 1.91. The molecule has 0 bridgehead atoms. The van der Waals surface area contributed by atoms with Crippen LogP contribution in [0.2, 0.25) is 5.02 Å². The molecule has 1 aromatic rings. The molecule has 2 N–H and O–H groups in total. The van der Waals surface area contributed by atoms with Crippen LogP contribution in [-0.4, -0.2) is 32.0 Å². The molecule has 0 amide bonds. The maximum atomic E-state index is 13.8. The predicted molar refractivity (Wildman–Crippen MR) is 83.7 cm³/mol. The highest BCUT2D eigenvalue weighted by Gasteiger charge is 2.48. The smallest absolute Gasteiger partial charge is 0.345 e. The van der Waals surface area contributed by atoms with Crippen molar-refractivity contribution in [3.63, 3.8) is 0 Å². The third kappa shape index (κ3) is 3.18. The number of hydrogen-bond donors (Lipinski definition) is 2. The van der Waals surface area contributed by atoms with Crippen molar-refractivity contribution in [1.29, 1.82) is 0 Å². The molecule has 0 radical (unpaired) electrons. The summed E-state index contributed by atoms with van der Waals surface area (Å²) < 4.78 is 24.3. The van der Waals surface area contributed by atoms with Gasteiger partial charge >= 0.3 is 6.98 Å². The number of methoxy groups -OCH3 is 1. The van der Waals surface area contributed by atoms with Crippen LogP contribution < -0.4 is 20.7 Å². The van der Waals surface area contributed by atoms with E-state index in [-0.39, 0.29) is 29.9 Å². The van der Waals surface area contributed by atoms with Crippen molar-refractivity contribution in [2.24, 2.45) is 0 Å². The summed E-state index contributed by atoms with van der Waals surface area (Å²) in [6.45, 7) is 8.25. The molecular formula is C14H21BClFN2O2. The SMILES string of the molecule is COCOc1cc(Cl)c(F)cc1B1NC(C)(C)C(C)(C)N1. The summed E-state index contributed by atoms with van der Waals surface area (Å²) in [5.41, 5.74) is 0.353. The fourth-order valence-corrected chi connectivity index (χ4v) is 2.44. The molecule has 0 saturated carbocycles. The zero-order valence-corrected chi connectivity index (χ0v) is 13.8. The molecule has 21 heavy (non-hydrogen) atoms. The van der Waals surface area contributed by atoms with Gasteiger partial charge in [0.05, 0.1) is 5.02 Å². The van der Waals surface area contributed by atoms with E-state index in [0.717, 1.165) is 0 Å². The van der Waals surface area contributed by atoms with E-state index in [1.165, 1.54) is 19.2 Å². The van der Waals surface area contributed by atoms with Crippen molar-refractivity contribution in [3.8, 4) is 5.75 Å². The molecule has 0 atom stereocenters. The highest BCUT2D eigenvalue weighted by molar-refractivity contribution is 6.70. The lowest BCUT2D eigenvalue weighted by Gasteiger charge is -2.34. The standard InChI is InChI=1S/C14H21BClFN2O2/c1-13(2)14(3,4)19-15(18-13)9-6-11(17)10(16)7-12(9)21-8-20-5/h6-7,18-19H,8H2,1-5H3. The third-order valence-electron chi connectivity index (χ3n) is 4.27. The molecule has 116 valence electrons. The second-order valence-corrected chi connectivity index (χ2v) is 6.73. The van der Waals surface area contributed by atoms with Crippen LogP contribution >= 0.6 is 11.6 Å². The molecule has 0 aliphatic carbocycles. The van der Waals surface area contributed by atoms with Crippen LogP contribution in [0.15, 0.2) is 12.1 Å². The van der Waals surface area contributed by atoms with Crippen LogP contribution in [-0.2, 0) is 4.74 Å². The molecule has 4 nitrogen and oxygen atoms in total. The second kappa shape index (κ2) is 5.76. The molecule has 0 aromatic heterocycles. The lowest BCUT2D eigenvalue weighted by Crippen LogP contribution is -2.52. The highest BCUT2D eigenvalue weighted by atomic mass is 35.5. The third-order valence-corrected chi connectivity index (χ3v) is 4.56. The Balaban J connectivity index is 2.37. The summed E-state index contributed by atoms with van der Waals surface area (Å²) in [6.07, 6.45) is 0. The lowest BCUT2D eigenvalue weighted by molar-refractivity contribution is 0.0518. The summed E-state index contributed by atoms with van der Waals surface area (Å²) in [5.74, 6) is 0.0318. The van der Waals surface area contributed by atoms with Gasteiger partial charge in [-0.15, -0.1) is 0 Å². The Labute approximate surface area is 130 Å². The molecule has 1 heterocycles. The zero-order valence-electron chi connectivity index (χ0n) is 13.0. The van der Waals surface area contributed by atoms with E-state index in [0.29, 0.717) is 11.2 Å². The normalized spacial score (nSPS) is 19.9. The zero-order chi connectivity index (χ0) is 15.8. The minimum Gasteiger partial charge on any atom is -0.468 e. The van der Waals surface area contributed by atoms with E-state index in [1.807, 2.05) is 0 Å².